The lowest BCUT2D eigenvalue weighted by atomic mass is 9.74. The Balaban J connectivity index is 0.00000324. The van der Waals surface area contributed by atoms with Crippen LogP contribution in [0.25, 0.3) is 11.3 Å². The zero-order valence-electron chi connectivity index (χ0n) is 18.2. The number of aliphatic hydroxyl groups excluding tert-OH is 1. The lowest BCUT2D eigenvalue weighted by molar-refractivity contribution is 0.0519. The van der Waals surface area contributed by atoms with Gasteiger partial charge in [0.1, 0.15) is 17.3 Å². The molecule has 0 unspecified atom stereocenters. The maximum atomic E-state index is 14.2. The van der Waals surface area contributed by atoms with Crippen molar-refractivity contribution in [2.24, 2.45) is 11.7 Å². The number of pyridine rings is 2. The highest BCUT2D eigenvalue weighted by molar-refractivity contribution is 6.00. The van der Waals surface area contributed by atoms with Crippen molar-refractivity contribution in [3.05, 3.63) is 77.2 Å². The molecule has 1 aliphatic carbocycles. The zero-order chi connectivity index (χ0) is 23.7. The van der Waals surface area contributed by atoms with Gasteiger partial charge in [-0.1, -0.05) is 20.4 Å². The molecule has 1 aliphatic rings. The highest BCUT2D eigenvalue weighted by atomic mass is 19.1. The molecule has 2 heterocycles. The molecule has 1 aromatic carbocycles. The number of carbonyl (C=O) groups excluding carboxylic acids is 1. The van der Waals surface area contributed by atoms with E-state index in [2.05, 4.69) is 9.97 Å². The van der Waals surface area contributed by atoms with Gasteiger partial charge in [0.15, 0.2) is 5.78 Å². The Kier molecular flexibility index (Phi) is 7.74. The molecule has 4 atom stereocenters. The van der Waals surface area contributed by atoms with E-state index in [9.17, 15) is 18.7 Å². The van der Waals surface area contributed by atoms with Gasteiger partial charge in [-0.25, -0.2) is 13.8 Å². The van der Waals surface area contributed by atoms with Crippen molar-refractivity contribution in [1.82, 2.24) is 9.97 Å². The molecule has 0 saturated heterocycles. The van der Waals surface area contributed by atoms with Crippen LogP contribution < -0.4 is 11.5 Å². The van der Waals surface area contributed by atoms with Crippen molar-refractivity contribution in [3.63, 3.8) is 0 Å². The number of hydrogen-bond donors (Lipinski definition) is 3. The van der Waals surface area contributed by atoms with Crippen LogP contribution in [0, 0.1) is 17.6 Å². The highest BCUT2D eigenvalue weighted by Gasteiger charge is 2.34. The van der Waals surface area contributed by atoms with Crippen LogP contribution in [0.15, 0.2) is 48.8 Å². The Labute approximate surface area is 198 Å². The van der Waals surface area contributed by atoms with E-state index in [1.54, 1.807) is 12.4 Å². The predicted octanol–water partition coefficient (Wildman–Crippen LogP) is 4.27. The van der Waals surface area contributed by atoms with Gasteiger partial charge in [-0.05, 0) is 66.1 Å². The molecule has 8 heteroatoms. The van der Waals surface area contributed by atoms with Crippen molar-refractivity contribution in [3.8, 4) is 11.3 Å². The van der Waals surface area contributed by atoms with E-state index in [1.807, 2.05) is 13.0 Å². The summed E-state index contributed by atoms with van der Waals surface area (Å²) in [6.07, 6.45) is 4.05. The molecule has 2 aromatic heterocycles. The number of nitrogens with zero attached hydrogens (tertiary/aromatic N) is 2. The summed E-state index contributed by atoms with van der Waals surface area (Å²) in [6, 6.07) is 7.86. The molecule has 1 fully saturated rings. The molecule has 0 radical (unpaired) electrons. The SMILES string of the molecule is C.C[C@@H]1C[C@@H](c2ccncc2CC(=O)c2nc(-c3c(F)cccc3F)ccc2N)C[C@@H](N)[C@H]1O. The first-order valence-corrected chi connectivity index (χ1v) is 10.9. The Hall–Kier alpha value is -3.23. The summed E-state index contributed by atoms with van der Waals surface area (Å²) in [4.78, 5) is 21.6. The number of rotatable bonds is 5. The first-order valence-electron chi connectivity index (χ1n) is 10.9. The minimum Gasteiger partial charge on any atom is -0.397 e. The molecule has 3 aromatic rings. The summed E-state index contributed by atoms with van der Waals surface area (Å²) in [7, 11) is 0. The van der Waals surface area contributed by atoms with Gasteiger partial charge in [0, 0.05) is 24.9 Å². The third kappa shape index (κ3) is 4.98. The number of aliphatic hydroxyl groups is 1. The van der Waals surface area contributed by atoms with Gasteiger partial charge in [0.2, 0.25) is 0 Å². The van der Waals surface area contributed by atoms with Crippen molar-refractivity contribution in [1.29, 1.82) is 0 Å². The second kappa shape index (κ2) is 10.4. The first-order chi connectivity index (χ1) is 15.8. The second-order valence-corrected chi connectivity index (χ2v) is 8.71. The number of carbonyl (C=O) groups is 1. The smallest absolute Gasteiger partial charge is 0.187 e. The van der Waals surface area contributed by atoms with Crippen molar-refractivity contribution < 1.29 is 18.7 Å². The van der Waals surface area contributed by atoms with E-state index in [4.69, 9.17) is 11.5 Å². The van der Waals surface area contributed by atoms with Gasteiger partial charge < -0.3 is 16.6 Å². The number of nitrogens with two attached hydrogens (primary N) is 2. The maximum absolute atomic E-state index is 14.2. The van der Waals surface area contributed by atoms with Crippen molar-refractivity contribution >= 4 is 11.5 Å². The molecule has 180 valence electrons. The van der Waals surface area contributed by atoms with Crippen molar-refractivity contribution in [2.75, 3.05) is 5.73 Å². The average Bonchev–Trinajstić information content (AvgIpc) is 2.78. The Bertz CT molecular complexity index is 1150. The summed E-state index contributed by atoms with van der Waals surface area (Å²) < 4.78 is 28.5. The summed E-state index contributed by atoms with van der Waals surface area (Å²) in [5, 5.41) is 10.2. The van der Waals surface area contributed by atoms with E-state index < -0.39 is 17.7 Å². The molecule has 0 aliphatic heterocycles. The minimum absolute atomic E-state index is 0. The van der Waals surface area contributed by atoms with Gasteiger partial charge >= 0.3 is 0 Å². The van der Waals surface area contributed by atoms with Gasteiger partial charge in [-0.2, -0.15) is 0 Å². The molecular weight excluding hydrogens is 438 g/mol. The molecule has 5 N–H and O–H groups in total. The number of nitrogen functional groups attached to an aromatic ring is 1. The fraction of sp³-hybridized carbons (Fsp3) is 0.346. The third-order valence-electron chi connectivity index (χ3n) is 6.38. The van der Waals surface area contributed by atoms with Crippen LogP contribution in [-0.2, 0) is 6.42 Å². The number of Topliss-reactive ketones (excluding diaryl/α,β-unsaturated/α-hetero) is 1. The summed E-state index contributed by atoms with van der Waals surface area (Å²) in [6.45, 7) is 1.96. The number of halogens is 2. The Morgan fingerprint density at radius 3 is 2.53 bits per heavy atom. The van der Waals surface area contributed by atoms with Gasteiger partial charge in [0.05, 0.1) is 23.0 Å². The molecular formula is C26H30F2N4O2. The number of benzene rings is 1. The van der Waals surface area contributed by atoms with Crippen LogP contribution in [-0.4, -0.2) is 33.0 Å². The summed E-state index contributed by atoms with van der Waals surface area (Å²) in [5.74, 6) is -1.82. The van der Waals surface area contributed by atoms with E-state index in [0.29, 0.717) is 12.0 Å². The topological polar surface area (TPSA) is 115 Å². The zero-order valence-corrected chi connectivity index (χ0v) is 18.2. The third-order valence-corrected chi connectivity index (χ3v) is 6.38. The number of ketones is 1. The monoisotopic (exact) mass is 468 g/mol. The summed E-state index contributed by atoms with van der Waals surface area (Å²) in [5.41, 5.74) is 13.6. The normalized spacial score (nSPS) is 22.1. The largest absolute Gasteiger partial charge is 0.397 e. The fourth-order valence-electron chi connectivity index (χ4n) is 4.64. The molecule has 0 amide bonds. The minimum atomic E-state index is -0.773. The van der Waals surface area contributed by atoms with Crippen LogP contribution in [0.5, 0.6) is 0 Å². The van der Waals surface area contributed by atoms with Crippen molar-refractivity contribution in [2.45, 2.75) is 51.7 Å². The molecule has 1 saturated carbocycles. The predicted molar refractivity (Wildman–Crippen MR) is 128 cm³/mol. The van der Waals surface area contributed by atoms with Crippen LogP contribution in [0.1, 0.15) is 54.7 Å². The van der Waals surface area contributed by atoms with E-state index in [0.717, 1.165) is 24.1 Å². The number of hydrogen-bond acceptors (Lipinski definition) is 6. The first kappa shape index (κ1) is 25.4. The lowest BCUT2D eigenvalue weighted by Crippen LogP contribution is -2.44. The Morgan fingerprint density at radius 1 is 1.15 bits per heavy atom. The van der Waals surface area contributed by atoms with E-state index in [-0.39, 0.29) is 60.1 Å². The summed E-state index contributed by atoms with van der Waals surface area (Å²) >= 11 is 0. The van der Waals surface area contributed by atoms with E-state index in [1.165, 1.54) is 18.2 Å². The Morgan fingerprint density at radius 2 is 1.85 bits per heavy atom. The highest BCUT2D eigenvalue weighted by Crippen LogP contribution is 2.37. The molecule has 0 bridgehead atoms. The second-order valence-electron chi connectivity index (χ2n) is 8.71. The number of aromatic nitrogens is 2. The fourth-order valence-corrected chi connectivity index (χ4v) is 4.64. The van der Waals surface area contributed by atoms with Crippen LogP contribution in [0.3, 0.4) is 0 Å². The number of anilines is 1. The maximum Gasteiger partial charge on any atom is 0.187 e. The van der Waals surface area contributed by atoms with Gasteiger partial charge in [-0.15, -0.1) is 0 Å². The van der Waals surface area contributed by atoms with Crippen LogP contribution in [0.4, 0.5) is 14.5 Å². The van der Waals surface area contributed by atoms with Gasteiger partial charge in [0.25, 0.3) is 0 Å². The van der Waals surface area contributed by atoms with Gasteiger partial charge in [-0.3, -0.25) is 9.78 Å². The quantitative estimate of drug-likeness (QED) is 0.482. The molecule has 4 rings (SSSR count). The molecule has 34 heavy (non-hydrogen) atoms. The van der Waals surface area contributed by atoms with E-state index >= 15 is 0 Å². The molecule has 6 nitrogen and oxygen atoms in total. The van der Waals surface area contributed by atoms with Crippen LogP contribution in [0.2, 0.25) is 0 Å². The van der Waals surface area contributed by atoms with Crippen LogP contribution >= 0.6 is 0 Å². The average molecular weight is 469 g/mol. The molecule has 0 spiro atoms. The lowest BCUT2D eigenvalue weighted by Gasteiger charge is -2.36. The standard InChI is InChI=1S/C25H26F2N4O2.CH4/c1-13-9-14(10-20(29)25(13)33)16-7-8-30-12-15(16)11-22(32)24-19(28)5-6-21(31-24)23-17(26)3-2-4-18(23)27;/h2-8,12-14,20,25,33H,9-11,28-29H2,1H3;1H4/t13-,14-,20-,25+;/m1./s1.